The van der Waals surface area contributed by atoms with Crippen molar-refractivity contribution in [2.75, 3.05) is 5.32 Å². The Hall–Kier alpha value is -3.09. The molecule has 2 aromatic heterocycles. The number of anilines is 2. The van der Waals surface area contributed by atoms with Gasteiger partial charge < -0.3 is 5.32 Å². The molecular weight excluding hydrogens is 282 g/mol. The molecule has 3 aromatic rings. The van der Waals surface area contributed by atoms with Crippen molar-refractivity contribution in [2.45, 2.75) is 13.3 Å². The molecule has 0 aliphatic carbocycles. The molecule has 0 fully saturated rings. The van der Waals surface area contributed by atoms with E-state index in [1.54, 1.807) is 24.4 Å². The molecule has 7 heteroatoms. The summed E-state index contributed by atoms with van der Waals surface area (Å²) < 4.78 is 0. The van der Waals surface area contributed by atoms with Crippen LogP contribution < -0.4 is 5.32 Å². The normalized spacial score (nSPS) is 10.6. The van der Waals surface area contributed by atoms with Crippen molar-refractivity contribution in [3.05, 3.63) is 58.5 Å². The first kappa shape index (κ1) is 13.9. The number of hydrogen-bond acceptors (Lipinski definition) is 6. The van der Waals surface area contributed by atoms with E-state index in [9.17, 15) is 10.1 Å². The third-order valence-electron chi connectivity index (χ3n) is 3.33. The fraction of sp³-hybridized carbons (Fsp3) is 0.133. The van der Waals surface area contributed by atoms with Gasteiger partial charge in [0.25, 0.3) is 5.69 Å². The molecule has 0 aliphatic heterocycles. The number of nitro benzene ring substituents is 1. The van der Waals surface area contributed by atoms with Crippen LogP contribution in [0.4, 0.5) is 17.2 Å². The van der Waals surface area contributed by atoms with Gasteiger partial charge in [-0.25, -0.2) is 15.0 Å². The van der Waals surface area contributed by atoms with E-state index >= 15 is 0 Å². The molecule has 7 nitrogen and oxygen atoms in total. The van der Waals surface area contributed by atoms with Crippen LogP contribution in [0, 0.1) is 10.1 Å². The molecule has 0 bridgehead atoms. The fourth-order valence-electron chi connectivity index (χ4n) is 2.24. The second-order valence-electron chi connectivity index (χ2n) is 4.68. The Bertz CT molecular complexity index is 845. The number of fused-ring (bicyclic) bond motifs is 1. The Morgan fingerprint density at radius 2 is 2.09 bits per heavy atom. The summed E-state index contributed by atoms with van der Waals surface area (Å²) in [6, 6.07) is 8.71. The van der Waals surface area contributed by atoms with Crippen molar-refractivity contribution in [3.8, 4) is 0 Å². The van der Waals surface area contributed by atoms with Gasteiger partial charge in [-0.2, -0.15) is 0 Å². The number of nitro groups is 1. The first-order valence-electron chi connectivity index (χ1n) is 6.79. The van der Waals surface area contributed by atoms with Crippen LogP contribution in [0.5, 0.6) is 0 Å². The highest BCUT2D eigenvalue weighted by atomic mass is 16.6. The van der Waals surface area contributed by atoms with Crippen LogP contribution >= 0.6 is 0 Å². The van der Waals surface area contributed by atoms with E-state index in [1.165, 1.54) is 12.4 Å². The topological polar surface area (TPSA) is 93.8 Å². The molecule has 0 saturated carbocycles. The molecule has 3 rings (SSSR count). The average molecular weight is 295 g/mol. The molecule has 1 N–H and O–H groups in total. The summed E-state index contributed by atoms with van der Waals surface area (Å²) >= 11 is 0. The van der Waals surface area contributed by atoms with Gasteiger partial charge in [-0.15, -0.1) is 0 Å². The number of hydrogen-bond donors (Lipinski definition) is 1. The smallest absolute Gasteiger partial charge is 0.274 e. The Morgan fingerprint density at radius 3 is 2.86 bits per heavy atom. The molecule has 0 aliphatic rings. The van der Waals surface area contributed by atoms with Gasteiger partial charge in [0.2, 0.25) is 0 Å². The van der Waals surface area contributed by atoms with Gasteiger partial charge in [0.15, 0.2) is 5.65 Å². The SMILES string of the molecule is CCc1ccc(Nc2ncnc3ncccc23)cc1[N+](=O)[O-]. The monoisotopic (exact) mass is 295 g/mol. The number of benzene rings is 1. The largest absolute Gasteiger partial charge is 0.339 e. The second kappa shape index (κ2) is 5.72. The summed E-state index contributed by atoms with van der Waals surface area (Å²) in [5.74, 6) is 0.566. The van der Waals surface area contributed by atoms with Crippen molar-refractivity contribution in [2.24, 2.45) is 0 Å². The zero-order chi connectivity index (χ0) is 15.5. The Morgan fingerprint density at radius 1 is 1.23 bits per heavy atom. The molecule has 2 heterocycles. The van der Waals surface area contributed by atoms with Crippen LogP contribution in [-0.2, 0) is 6.42 Å². The van der Waals surface area contributed by atoms with Crippen LogP contribution in [0.25, 0.3) is 11.0 Å². The quantitative estimate of drug-likeness (QED) is 0.586. The number of pyridine rings is 1. The minimum atomic E-state index is -0.371. The van der Waals surface area contributed by atoms with Crippen LogP contribution in [0.15, 0.2) is 42.9 Å². The van der Waals surface area contributed by atoms with Gasteiger partial charge in [0.05, 0.1) is 10.3 Å². The molecule has 110 valence electrons. The molecule has 1 aromatic carbocycles. The fourth-order valence-corrected chi connectivity index (χ4v) is 2.24. The van der Waals surface area contributed by atoms with Crippen molar-refractivity contribution in [3.63, 3.8) is 0 Å². The standard InChI is InChI=1S/C15H13N5O2/c1-2-10-5-6-11(8-13(10)20(21)22)19-15-12-4-3-7-16-14(12)17-9-18-15/h3-9H,2H2,1H3,(H,16,17,18,19). The van der Waals surface area contributed by atoms with E-state index in [-0.39, 0.29) is 10.6 Å². The number of aromatic nitrogens is 3. The minimum absolute atomic E-state index is 0.101. The minimum Gasteiger partial charge on any atom is -0.339 e. The third kappa shape index (κ3) is 2.56. The second-order valence-corrected chi connectivity index (χ2v) is 4.68. The highest BCUT2D eigenvalue weighted by molar-refractivity contribution is 5.88. The number of aryl methyl sites for hydroxylation is 1. The zero-order valence-corrected chi connectivity index (χ0v) is 11.9. The lowest BCUT2D eigenvalue weighted by Gasteiger charge is -2.09. The Balaban J connectivity index is 2.02. The van der Waals surface area contributed by atoms with E-state index in [2.05, 4.69) is 20.3 Å². The van der Waals surface area contributed by atoms with Crippen LogP contribution in [0.3, 0.4) is 0 Å². The van der Waals surface area contributed by atoms with Gasteiger partial charge >= 0.3 is 0 Å². The highest BCUT2D eigenvalue weighted by Crippen LogP contribution is 2.27. The zero-order valence-electron chi connectivity index (χ0n) is 11.9. The predicted octanol–water partition coefficient (Wildman–Crippen LogP) is 3.24. The molecule has 22 heavy (non-hydrogen) atoms. The summed E-state index contributed by atoms with van der Waals surface area (Å²) in [4.78, 5) is 23.2. The lowest BCUT2D eigenvalue weighted by molar-refractivity contribution is -0.385. The summed E-state index contributed by atoms with van der Waals surface area (Å²) in [5.41, 5.74) is 1.97. The van der Waals surface area contributed by atoms with Gasteiger partial charge in [-0.3, -0.25) is 10.1 Å². The Kier molecular flexibility index (Phi) is 3.61. The highest BCUT2D eigenvalue weighted by Gasteiger charge is 2.14. The van der Waals surface area contributed by atoms with Crippen molar-refractivity contribution >= 4 is 28.2 Å². The summed E-state index contributed by atoms with van der Waals surface area (Å²) in [7, 11) is 0. The van der Waals surface area contributed by atoms with Gasteiger partial charge in [0, 0.05) is 23.5 Å². The first-order chi connectivity index (χ1) is 10.7. The molecule has 0 unspecified atom stereocenters. The molecule has 0 atom stereocenters. The van der Waals surface area contributed by atoms with Gasteiger partial charge in [-0.05, 0) is 24.6 Å². The van der Waals surface area contributed by atoms with Crippen LogP contribution in [0.1, 0.15) is 12.5 Å². The molecule has 0 saturated heterocycles. The lowest BCUT2D eigenvalue weighted by atomic mass is 10.1. The van der Waals surface area contributed by atoms with Crippen LogP contribution in [0.2, 0.25) is 0 Å². The number of nitrogens with one attached hydrogen (secondary N) is 1. The maximum Gasteiger partial charge on any atom is 0.274 e. The third-order valence-corrected chi connectivity index (χ3v) is 3.33. The van der Waals surface area contributed by atoms with Crippen LogP contribution in [-0.4, -0.2) is 19.9 Å². The van der Waals surface area contributed by atoms with E-state index in [0.717, 1.165) is 5.39 Å². The van der Waals surface area contributed by atoms with E-state index in [0.29, 0.717) is 29.1 Å². The summed E-state index contributed by atoms with van der Waals surface area (Å²) in [6.45, 7) is 1.89. The van der Waals surface area contributed by atoms with Crippen molar-refractivity contribution in [1.82, 2.24) is 15.0 Å². The average Bonchev–Trinajstić information content (AvgIpc) is 2.55. The lowest BCUT2D eigenvalue weighted by Crippen LogP contribution is -1.99. The maximum atomic E-state index is 11.1. The predicted molar refractivity (Wildman–Crippen MR) is 83.1 cm³/mol. The Labute approximate surface area is 126 Å². The van der Waals surface area contributed by atoms with E-state index < -0.39 is 0 Å². The van der Waals surface area contributed by atoms with Crippen molar-refractivity contribution in [1.29, 1.82) is 0 Å². The summed E-state index contributed by atoms with van der Waals surface area (Å²) in [5, 5.41) is 15.0. The molecular formula is C15H13N5O2. The summed E-state index contributed by atoms with van der Waals surface area (Å²) in [6.07, 6.45) is 3.67. The van der Waals surface area contributed by atoms with E-state index in [1.807, 2.05) is 13.0 Å². The van der Waals surface area contributed by atoms with Gasteiger partial charge in [-0.1, -0.05) is 13.0 Å². The molecule has 0 spiro atoms. The first-order valence-corrected chi connectivity index (χ1v) is 6.79. The number of rotatable bonds is 4. The molecule has 0 amide bonds. The van der Waals surface area contributed by atoms with E-state index in [4.69, 9.17) is 0 Å². The maximum absolute atomic E-state index is 11.1. The molecule has 0 radical (unpaired) electrons. The van der Waals surface area contributed by atoms with Gasteiger partial charge in [0.1, 0.15) is 12.1 Å². The number of nitrogens with zero attached hydrogens (tertiary/aromatic N) is 4. The van der Waals surface area contributed by atoms with Crippen molar-refractivity contribution < 1.29 is 4.92 Å².